The number of rotatable bonds is 4. The zero-order valence-electron chi connectivity index (χ0n) is 10.2. The molecule has 0 saturated carbocycles. The van der Waals surface area contributed by atoms with Gasteiger partial charge < -0.3 is 16.0 Å². The molecule has 5 nitrogen and oxygen atoms in total. The molecule has 94 valence electrons. The molecule has 0 bridgehead atoms. The molecule has 0 aliphatic heterocycles. The third kappa shape index (κ3) is 3.18. The van der Waals surface area contributed by atoms with Crippen LogP contribution in [0.3, 0.4) is 0 Å². The maximum atomic E-state index is 11.5. The smallest absolute Gasteiger partial charge is 0.225 e. The van der Waals surface area contributed by atoms with Crippen LogP contribution in [0, 0.1) is 0 Å². The van der Waals surface area contributed by atoms with Gasteiger partial charge in [-0.25, -0.2) is 4.98 Å². The number of nitrogens with zero attached hydrogens (tertiary/aromatic N) is 1. The minimum atomic E-state index is -0.130. The molecule has 1 amide bonds. The molecule has 0 saturated heterocycles. The van der Waals surface area contributed by atoms with Crippen LogP contribution in [0.2, 0.25) is 0 Å². The normalized spacial score (nSPS) is 12.1. The molecular weight excluding hydrogens is 228 g/mol. The van der Waals surface area contributed by atoms with Gasteiger partial charge in [0.15, 0.2) is 0 Å². The van der Waals surface area contributed by atoms with Gasteiger partial charge in [-0.05, 0) is 24.6 Å². The van der Waals surface area contributed by atoms with Crippen LogP contribution in [0.15, 0.2) is 36.8 Å². The number of H-pyrrole nitrogens is 1. The molecule has 1 aromatic heterocycles. The summed E-state index contributed by atoms with van der Waals surface area (Å²) in [4.78, 5) is 18.5. The van der Waals surface area contributed by atoms with Crippen molar-refractivity contribution in [3.8, 4) is 11.3 Å². The van der Waals surface area contributed by atoms with Crippen LogP contribution in [0.25, 0.3) is 11.3 Å². The number of aromatic nitrogens is 2. The monoisotopic (exact) mass is 244 g/mol. The van der Waals surface area contributed by atoms with Crippen molar-refractivity contribution < 1.29 is 4.79 Å². The van der Waals surface area contributed by atoms with E-state index in [1.54, 1.807) is 19.4 Å². The van der Waals surface area contributed by atoms with Crippen molar-refractivity contribution in [2.24, 2.45) is 5.73 Å². The molecule has 0 aliphatic rings. The summed E-state index contributed by atoms with van der Waals surface area (Å²) in [6.45, 7) is 1.81. The summed E-state index contributed by atoms with van der Waals surface area (Å²) in [5.74, 6) is -0.0701. The highest BCUT2D eigenvalue weighted by molar-refractivity contribution is 5.91. The van der Waals surface area contributed by atoms with Gasteiger partial charge in [-0.1, -0.05) is 12.1 Å². The molecule has 0 spiro atoms. The van der Waals surface area contributed by atoms with E-state index in [1.165, 1.54) is 0 Å². The molecular formula is C13H16N4O. The maximum Gasteiger partial charge on any atom is 0.225 e. The lowest BCUT2D eigenvalue weighted by atomic mass is 10.1. The van der Waals surface area contributed by atoms with E-state index in [0.29, 0.717) is 6.42 Å². The molecule has 4 N–H and O–H groups in total. The molecule has 18 heavy (non-hydrogen) atoms. The van der Waals surface area contributed by atoms with Crippen LogP contribution in [0.5, 0.6) is 0 Å². The Morgan fingerprint density at radius 3 is 2.72 bits per heavy atom. The number of nitrogens with one attached hydrogen (secondary N) is 2. The van der Waals surface area contributed by atoms with Gasteiger partial charge in [0.25, 0.3) is 0 Å². The quantitative estimate of drug-likeness (QED) is 0.766. The summed E-state index contributed by atoms with van der Waals surface area (Å²) in [6.07, 6.45) is 3.71. The van der Waals surface area contributed by atoms with Gasteiger partial charge in [0.1, 0.15) is 0 Å². The molecule has 0 aliphatic carbocycles. The van der Waals surface area contributed by atoms with Crippen LogP contribution in [-0.4, -0.2) is 21.9 Å². The van der Waals surface area contributed by atoms with Crippen molar-refractivity contribution >= 4 is 11.6 Å². The summed E-state index contributed by atoms with van der Waals surface area (Å²) in [6, 6.07) is 7.43. The zero-order valence-corrected chi connectivity index (χ0v) is 10.2. The molecule has 1 heterocycles. The van der Waals surface area contributed by atoms with E-state index in [2.05, 4.69) is 15.3 Å². The van der Waals surface area contributed by atoms with E-state index in [9.17, 15) is 4.79 Å². The Hall–Kier alpha value is -2.14. The molecule has 1 atom stereocenters. The SMILES string of the molecule is CC(N)CC(=O)Nc1ccc(-c2cnc[nH]2)cc1. The fraction of sp³-hybridized carbons (Fsp3) is 0.231. The van der Waals surface area contributed by atoms with Crippen LogP contribution >= 0.6 is 0 Å². The van der Waals surface area contributed by atoms with Gasteiger partial charge in [0.2, 0.25) is 5.91 Å². The number of carbonyl (C=O) groups is 1. The first-order valence-corrected chi connectivity index (χ1v) is 5.79. The fourth-order valence-corrected chi connectivity index (χ4v) is 1.65. The number of carbonyl (C=O) groups excluding carboxylic acids is 1. The number of imidazole rings is 1. The number of amides is 1. The van der Waals surface area contributed by atoms with Gasteiger partial charge in [-0.2, -0.15) is 0 Å². The lowest BCUT2D eigenvalue weighted by molar-refractivity contribution is -0.116. The second kappa shape index (κ2) is 5.46. The van der Waals surface area contributed by atoms with Crippen molar-refractivity contribution in [1.82, 2.24) is 9.97 Å². The largest absolute Gasteiger partial charge is 0.345 e. The minimum absolute atomic E-state index is 0.0701. The highest BCUT2D eigenvalue weighted by Gasteiger charge is 2.05. The summed E-state index contributed by atoms with van der Waals surface area (Å²) in [5, 5.41) is 2.80. The first kappa shape index (κ1) is 12.3. The highest BCUT2D eigenvalue weighted by atomic mass is 16.1. The summed E-state index contributed by atoms with van der Waals surface area (Å²) in [7, 11) is 0. The maximum absolute atomic E-state index is 11.5. The Balaban J connectivity index is 2.02. The Morgan fingerprint density at radius 2 is 2.17 bits per heavy atom. The number of benzene rings is 1. The topological polar surface area (TPSA) is 83.8 Å². The predicted octanol–water partition coefficient (Wildman–Crippen LogP) is 1.75. The van der Waals surface area contributed by atoms with E-state index in [-0.39, 0.29) is 11.9 Å². The third-order valence-corrected chi connectivity index (χ3v) is 2.49. The van der Waals surface area contributed by atoms with Crippen molar-refractivity contribution in [1.29, 1.82) is 0 Å². The number of hydrogen-bond donors (Lipinski definition) is 3. The Kier molecular flexibility index (Phi) is 3.74. The number of nitrogens with two attached hydrogens (primary N) is 1. The summed E-state index contributed by atoms with van der Waals surface area (Å²) in [5.41, 5.74) is 8.30. The number of anilines is 1. The van der Waals surface area contributed by atoms with Gasteiger partial charge in [0.05, 0.1) is 18.2 Å². The van der Waals surface area contributed by atoms with Gasteiger partial charge in [0, 0.05) is 18.2 Å². The highest BCUT2D eigenvalue weighted by Crippen LogP contribution is 2.18. The zero-order chi connectivity index (χ0) is 13.0. The first-order chi connectivity index (χ1) is 8.65. The molecule has 1 unspecified atom stereocenters. The van der Waals surface area contributed by atoms with E-state index < -0.39 is 0 Å². The summed E-state index contributed by atoms with van der Waals surface area (Å²) >= 11 is 0. The minimum Gasteiger partial charge on any atom is -0.345 e. The predicted molar refractivity (Wildman–Crippen MR) is 70.9 cm³/mol. The second-order valence-electron chi connectivity index (χ2n) is 4.27. The Morgan fingerprint density at radius 1 is 1.44 bits per heavy atom. The van der Waals surface area contributed by atoms with Crippen LogP contribution in [0.1, 0.15) is 13.3 Å². The average Bonchev–Trinajstić information content (AvgIpc) is 2.82. The Bertz CT molecular complexity index is 502. The molecule has 0 fully saturated rings. The third-order valence-electron chi connectivity index (χ3n) is 2.49. The van der Waals surface area contributed by atoms with Crippen LogP contribution in [0.4, 0.5) is 5.69 Å². The lowest BCUT2D eigenvalue weighted by Crippen LogP contribution is -2.23. The number of hydrogen-bond acceptors (Lipinski definition) is 3. The van der Waals surface area contributed by atoms with Crippen molar-refractivity contribution in [2.75, 3.05) is 5.32 Å². The second-order valence-corrected chi connectivity index (χ2v) is 4.27. The Labute approximate surface area is 105 Å². The van der Waals surface area contributed by atoms with Gasteiger partial charge in [-0.15, -0.1) is 0 Å². The standard InChI is InChI=1S/C13H16N4O/c1-9(14)6-13(18)17-11-4-2-10(3-5-11)12-7-15-8-16-12/h2-5,7-9H,6,14H2,1H3,(H,15,16)(H,17,18). The molecule has 1 aromatic carbocycles. The number of aromatic amines is 1. The van der Waals surface area contributed by atoms with E-state index >= 15 is 0 Å². The van der Waals surface area contributed by atoms with E-state index in [1.807, 2.05) is 24.3 Å². The van der Waals surface area contributed by atoms with Crippen LogP contribution in [-0.2, 0) is 4.79 Å². The molecule has 2 rings (SSSR count). The first-order valence-electron chi connectivity index (χ1n) is 5.79. The lowest BCUT2D eigenvalue weighted by Gasteiger charge is -2.07. The van der Waals surface area contributed by atoms with Crippen molar-refractivity contribution in [2.45, 2.75) is 19.4 Å². The average molecular weight is 244 g/mol. The van der Waals surface area contributed by atoms with Crippen LogP contribution < -0.4 is 11.1 Å². The van der Waals surface area contributed by atoms with Gasteiger partial charge >= 0.3 is 0 Å². The van der Waals surface area contributed by atoms with E-state index in [0.717, 1.165) is 16.9 Å². The summed E-state index contributed by atoms with van der Waals surface area (Å²) < 4.78 is 0. The molecule has 5 heteroatoms. The van der Waals surface area contributed by atoms with Crippen molar-refractivity contribution in [3.63, 3.8) is 0 Å². The molecule has 0 radical (unpaired) electrons. The fourth-order valence-electron chi connectivity index (χ4n) is 1.65. The molecule has 2 aromatic rings. The van der Waals surface area contributed by atoms with Crippen molar-refractivity contribution in [3.05, 3.63) is 36.8 Å². The van der Waals surface area contributed by atoms with E-state index in [4.69, 9.17) is 5.73 Å². The van der Waals surface area contributed by atoms with Gasteiger partial charge in [-0.3, -0.25) is 4.79 Å².